The van der Waals surface area contributed by atoms with Crippen molar-refractivity contribution in [1.29, 1.82) is 0 Å². The summed E-state index contributed by atoms with van der Waals surface area (Å²) in [5, 5.41) is 0. The van der Waals surface area contributed by atoms with E-state index in [1.165, 1.54) is 18.2 Å². The third-order valence-corrected chi connectivity index (χ3v) is 4.49. The third-order valence-electron chi connectivity index (χ3n) is 4.49. The number of ether oxygens (including phenoxy) is 5. The molecule has 0 aliphatic carbocycles. The molecule has 0 atom stereocenters. The van der Waals surface area contributed by atoms with E-state index in [-0.39, 0.29) is 58.7 Å². The Morgan fingerprint density at radius 2 is 1.17 bits per heavy atom. The van der Waals surface area contributed by atoms with Crippen molar-refractivity contribution in [2.24, 2.45) is 11.3 Å². The van der Waals surface area contributed by atoms with Crippen LogP contribution >= 0.6 is 0 Å². The molecule has 0 aliphatic rings. The summed E-state index contributed by atoms with van der Waals surface area (Å²) >= 11 is 0. The van der Waals surface area contributed by atoms with Gasteiger partial charge in [0.25, 0.3) is 0 Å². The molecule has 0 fully saturated rings. The lowest BCUT2D eigenvalue weighted by Crippen LogP contribution is -2.42. The summed E-state index contributed by atoms with van der Waals surface area (Å²) in [6.07, 6.45) is 4.47. The van der Waals surface area contributed by atoms with Gasteiger partial charge < -0.3 is 23.7 Å². The molecule has 0 bridgehead atoms. The molecule has 0 saturated heterocycles. The summed E-state index contributed by atoms with van der Waals surface area (Å²) < 4.78 is 24.3. The van der Waals surface area contributed by atoms with Gasteiger partial charge in [0, 0.05) is 6.42 Å². The van der Waals surface area contributed by atoms with Crippen LogP contribution < -0.4 is 0 Å². The number of carbonyl (C=O) groups is 5. The Balaban J connectivity index is 0. The van der Waals surface area contributed by atoms with E-state index in [0.717, 1.165) is 0 Å². The molecule has 0 aromatic rings. The molecule has 0 heterocycles. The second kappa shape index (κ2) is 20.9. The zero-order chi connectivity index (χ0) is 28.0. The zero-order valence-electron chi connectivity index (χ0n) is 21.9. The van der Waals surface area contributed by atoms with E-state index < -0.39 is 41.2 Å². The Kier molecular flexibility index (Phi) is 20.2. The van der Waals surface area contributed by atoms with Crippen LogP contribution in [0.2, 0.25) is 0 Å². The lowest BCUT2D eigenvalue weighted by molar-refractivity contribution is -0.173. The van der Waals surface area contributed by atoms with E-state index in [1.54, 1.807) is 27.7 Å². The lowest BCUT2D eigenvalue weighted by Gasteiger charge is -2.27. The summed E-state index contributed by atoms with van der Waals surface area (Å²) in [7, 11) is 0. The molecule has 0 N–H and O–H groups in total. The minimum absolute atomic E-state index is 0.0272. The quantitative estimate of drug-likeness (QED) is 0.123. The fourth-order valence-corrected chi connectivity index (χ4v) is 2.82. The molecule has 0 saturated carbocycles. The Morgan fingerprint density at radius 3 is 1.53 bits per heavy atom. The molecule has 0 aliphatic heterocycles. The predicted octanol–water partition coefficient (Wildman–Crippen LogP) is 3.49. The van der Waals surface area contributed by atoms with Crippen molar-refractivity contribution in [2.45, 2.75) is 53.4 Å². The molecule has 0 unspecified atom stereocenters. The SMILES string of the molecule is C=CCC(C(=O)OCC)C(=O)OCC.C=CCOC(=O)CCC(CC=C)(C(=O)OCC)C(=O)OCC. The third kappa shape index (κ3) is 12.9. The summed E-state index contributed by atoms with van der Waals surface area (Å²) in [5.74, 6) is -3.93. The maximum Gasteiger partial charge on any atom is 0.323 e. The first kappa shape index (κ1) is 34.7. The largest absolute Gasteiger partial charge is 0.465 e. The standard InChI is InChI=1S/C16H24O6.C10H16O4/c1-5-10-16(14(18)20-7-3,15(19)21-8-4)11-9-13(17)22-12-6-2;1-4-7-8(9(11)13-5-2)10(12)14-6-3/h5-6H,1-2,7-12H2,3-4H3;4,8H,1,5-7H2,2-3H3. The van der Waals surface area contributed by atoms with Gasteiger partial charge in [0.1, 0.15) is 6.61 Å². The van der Waals surface area contributed by atoms with Crippen molar-refractivity contribution in [3.8, 4) is 0 Å². The van der Waals surface area contributed by atoms with Crippen LogP contribution in [-0.4, -0.2) is 62.9 Å². The number of rotatable bonds is 17. The highest BCUT2D eigenvalue weighted by molar-refractivity contribution is 6.00. The van der Waals surface area contributed by atoms with Crippen molar-refractivity contribution in [3.63, 3.8) is 0 Å². The van der Waals surface area contributed by atoms with E-state index in [1.807, 2.05) is 0 Å². The molecule has 0 spiro atoms. The number of esters is 5. The van der Waals surface area contributed by atoms with E-state index in [2.05, 4.69) is 19.7 Å². The van der Waals surface area contributed by atoms with Gasteiger partial charge in [-0.05, 0) is 47.0 Å². The molecular weight excluding hydrogens is 472 g/mol. The first-order valence-corrected chi connectivity index (χ1v) is 11.8. The minimum Gasteiger partial charge on any atom is -0.465 e. The summed E-state index contributed by atoms with van der Waals surface area (Å²) in [5.41, 5.74) is -1.57. The summed E-state index contributed by atoms with van der Waals surface area (Å²) in [4.78, 5) is 58.7. The molecule has 0 rings (SSSR count). The Labute approximate surface area is 213 Å². The molecule has 10 heteroatoms. The highest BCUT2D eigenvalue weighted by atomic mass is 16.6. The molecule has 204 valence electrons. The number of carbonyl (C=O) groups excluding carboxylic acids is 5. The van der Waals surface area contributed by atoms with Crippen molar-refractivity contribution >= 4 is 29.8 Å². The van der Waals surface area contributed by atoms with Crippen molar-refractivity contribution in [3.05, 3.63) is 38.0 Å². The van der Waals surface area contributed by atoms with Gasteiger partial charge in [-0.2, -0.15) is 0 Å². The summed E-state index contributed by atoms with van der Waals surface area (Å²) in [6, 6.07) is 0. The molecule has 10 nitrogen and oxygen atoms in total. The van der Waals surface area contributed by atoms with Gasteiger partial charge >= 0.3 is 29.8 Å². The van der Waals surface area contributed by atoms with Crippen LogP contribution in [-0.2, 0) is 47.7 Å². The van der Waals surface area contributed by atoms with Crippen LogP contribution in [0.3, 0.4) is 0 Å². The van der Waals surface area contributed by atoms with Gasteiger partial charge in [0.2, 0.25) is 0 Å². The van der Waals surface area contributed by atoms with Gasteiger partial charge in [-0.15, -0.1) is 13.2 Å². The lowest BCUT2D eigenvalue weighted by atomic mass is 9.80. The summed E-state index contributed by atoms with van der Waals surface area (Å²) in [6.45, 7) is 18.0. The van der Waals surface area contributed by atoms with Crippen LogP contribution in [0.1, 0.15) is 53.4 Å². The van der Waals surface area contributed by atoms with E-state index in [0.29, 0.717) is 0 Å². The Morgan fingerprint density at radius 1 is 0.694 bits per heavy atom. The van der Waals surface area contributed by atoms with Crippen LogP contribution in [0.5, 0.6) is 0 Å². The van der Waals surface area contributed by atoms with Gasteiger partial charge in [0.15, 0.2) is 11.3 Å². The first-order valence-electron chi connectivity index (χ1n) is 11.8. The highest BCUT2D eigenvalue weighted by Crippen LogP contribution is 2.33. The number of hydrogen-bond acceptors (Lipinski definition) is 10. The average molecular weight is 513 g/mol. The van der Waals surface area contributed by atoms with E-state index in [9.17, 15) is 24.0 Å². The van der Waals surface area contributed by atoms with Gasteiger partial charge in [-0.25, -0.2) is 0 Å². The molecule has 0 aromatic heterocycles. The molecular formula is C26H40O10. The van der Waals surface area contributed by atoms with E-state index in [4.69, 9.17) is 23.7 Å². The fraction of sp³-hybridized carbons (Fsp3) is 0.577. The van der Waals surface area contributed by atoms with Crippen LogP contribution in [0.25, 0.3) is 0 Å². The molecule has 36 heavy (non-hydrogen) atoms. The fourth-order valence-electron chi connectivity index (χ4n) is 2.82. The van der Waals surface area contributed by atoms with Gasteiger partial charge in [-0.3, -0.25) is 24.0 Å². The zero-order valence-corrected chi connectivity index (χ0v) is 21.9. The predicted molar refractivity (Wildman–Crippen MR) is 132 cm³/mol. The maximum atomic E-state index is 12.3. The molecule has 0 amide bonds. The first-order chi connectivity index (χ1) is 17.1. The minimum atomic E-state index is -1.57. The second-order valence-corrected chi connectivity index (χ2v) is 7.07. The monoisotopic (exact) mass is 512 g/mol. The number of allylic oxidation sites excluding steroid dienone is 2. The van der Waals surface area contributed by atoms with Crippen LogP contribution in [0.4, 0.5) is 0 Å². The number of hydrogen-bond donors (Lipinski definition) is 0. The molecule has 0 aromatic carbocycles. The van der Waals surface area contributed by atoms with Gasteiger partial charge in [0.05, 0.1) is 26.4 Å². The second-order valence-electron chi connectivity index (χ2n) is 7.07. The molecule has 0 radical (unpaired) electrons. The van der Waals surface area contributed by atoms with Crippen molar-refractivity contribution < 1.29 is 47.7 Å². The van der Waals surface area contributed by atoms with Crippen LogP contribution in [0.15, 0.2) is 38.0 Å². The van der Waals surface area contributed by atoms with Crippen LogP contribution in [0, 0.1) is 11.3 Å². The topological polar surface area (TPSA) is 132 Å². The van der Waals surface area contributed by atoms with Crippen molar-refractivity contribution in [2.75, 3.05) is 33.0 Å². The van der Waals surface area contributed by atoms with E-state index >= 15 is 0 Å². The maximum absolute atomic E-state index is 12.3. The average Bonchev–Trinajstić information content (AvgIpc) is 2.84. The van der Waals surface area contributed by atoms with Crippen molar-refractivity contribution in [1.82, 2.24) is 0 Å². The Bertz CT molecular complexity index is 705. The smallest absolute Gasteiger partial charge is 0.323 e. The highest BCUT2D eigenvalue weighted by Gasteiger charge is 2.48. The van der Waals surface area contributed by atoms with Gasteiger partial charge in [-0.1, -0.05) is 24.8 Å². The normalized spacial score (nSPS) is 10.1. The Hall–Kier alpha value is -3.43.